The van der Waals surface area contributed by atoms with Crippen molar-refractivity contribution in [1.29, 1.82) is 0 Å². The van der Waals surface area contributed by atoms with Gasteiger partial charge in [0.15, 0.2) is 5.79 Å². The maximum atomic E-state index is 6.89. The van der Waals surface area contributed by atoms with Crippen molar-refractivity contribution in [1.82, 2.24) is 0 Å². The summed E-state index contributed by atoms with van der Waals surface area (Å²) < 4.78 is 20.1. The lowest BCUT2D eigenvalue weighted by Crippen LogP contribution is -2.35. The first-order chi connectivity index (χ1) is 23.7. The molecule has 3 nitrogen and oxygen atoms in total. The van der Waals surface area contributed by atoms with E-state index in [0.29, 0.717) is 0 Å². The molecule has 4 atom stereocenters. The van der Waals surface area contributed by atoms with Crippen LogP contribution in [0.15, 0.2) is 48.6 Å². The highest BCUT2D eigenvalue weighted by Crippen LogP contribution is 2.45. The van der Waals surface area contributed by atoms with Crippen LogP contribution < -0.4 is 0 Å². The fraction of sp³-hybridized carbons (Fsp3) is 0.822. The Labute approximate surface area is 299 Å². The van der Waals surface area contributed by atoms with E-state index < -0.39 is 0 Å². The normalized spacial score (nSPS) is 22.4. The first-order valence-electron chi connectivity index (χ1n) is 21.3. The molecule has 2 saturated heterocycles. The molecule has 0 aromatic carbocycles. The molecule has 0 aromatic heterocycles. The van der Waals surface area contributed by atoms with E-state index in [4.69, 9.17) is 14.2 Å². The molecule has 2 rings (SSSR count). The number of fused-ring (bicyclic) bond motifs is 1. The minimum atomic E-state index is -0.384. The summed E-state index contributed by atoms with van der Waals surface area (Å²) in [6.07, 6.45) is 54.4. The third kappa shape index (κ3) is 19.3. The van der Waals surface area contributed by atoms with Gasteiger partial charge in [0.1, 0.15) is 12.2 Å². The molecule has 0 amide bonds. The van der Waals surface area contributed by atoms with Crippen LogP contribution in [0.3, 0.4) is 0 Å². The molecule has 3 heteroatoms. The summed E-state index contributed by atoms with van der Waals surface area (Å²) in [5, 5.41) is 0. The zero-order valence-electron chi connectivity index (χ0n) is 32.5. The molecule has 48 heavy (non-hydrogen) atoms. The van der Waals surface area contributed by atoms with E-state index in [9.17, 15) is 0 Å². The topological polar surface area (TPSA) is 27.7 Å². The highest BCUT2D eigenvalue weighted by molar-refractivity contribution is 4.99. The molecule has 2 aliphatic rings. The Bertz CT molecular complexity index is 773. The Kier molecular flexibility index (Phi) is 26.5. The van der Waals surface area contributed by atoms with Crippen LogP contribution in [0.1, 0.15) is 207 Å². The molecule has 0 aromatic rings. The van der Waals surface area contributed by atoms with Gasteiger partial charge in [0.05, 0.1) is 12.2 Å². The van der Waals surface area contributed by atoms with Gasteiger partial charge in [0.2, 0.25) is 0 Å². The van der Waals surface area contributed by atoms with Crippen LogP contribution in [0.4, 0.5) is 0 Å². The van der Waals surface area contributed by atoms with Crippen molar-refractivity contribution in [3.63, 3.8) is 0 Å². The molecular formula is C45H80O3. The first-order valence-corrected chi connectivity index (χ1v) is 21.3. The van der Waals surface area contributed by atoms with E-state index in [0.717, 1.165) is 38.5 Å². The number of rotatable bonds is 32. The fourth-order valence-corrected chi connectivity index (χ4v) is 7.40. The van der Waals surface area contributed by atoms with Gasteiger partial charge in [-0.15, -0.1) is 0 Å². The second-order valence-corrected chi connectivity index (χ2v) is 14.8. The number of hydrogen-bond donors (Lipinski definition) is 0. The third-order valence-electron chi connectivity index (χ3n) is 10.4. The summed E-state index contributed by atoms with van der Waals surface area (Å²) in [6, 6.07) is 0. The molecule has 0 spiro atoms. The number of unbranched alkanes of at least 4 members (excludes halogenated alkanes) is 18. The van der Waals surface area contributed by atoms with Gasteiger partial charge in [0.25, 0.3) is 0 Å². The van der Waals surface area contributed by atoms with Gasteiger partial charge < -0.3 is 14.2 Å². The smallest absolute Gasteiger partial charge is 0.169 e. The van der Waals surface area contributed by atoms with Gasteiger partial charge in [-0.1, -0.05) is 153 Å². The van der Waals surface area contributed by atoms with Crippen molar-refractivity contribution in [2.45, 2.75) is 238 Å². The van der Waals surface area contributed by atoms with Gasteiger partial charge in [-0.2, -0.15) is 0 Å². The number of ether oxygens (including phenoxy) is 3. The fourth-order valence-electron chi connectivity index (χ4n) is 7.40. The number of allylic oxidation sites excluding steroid dienone is 8. The summed E-state index contributed by atoms with van der Waals surface area (Å²) in [5.74, 6) is -0.384. The van der Waals surface area contributed by atoms with Gasteiger partial charge >= 0.3 is 0 Å². The Morgan fingerprint density at radius 1 is 0.396 bits per heavy atom. The number of hydrogen-bond acceptors (Lipinski definition) is 3. The van der Waals surface area contributed by atoms with Crippen LogP contribution in [0.5, 0.6) is 0 Å². The summed E-state index contributed by atoms with van der Waals surface area (Å²) in [5.41, 5.74) is 0. The molecular weight excluding hydrogens is 588 g/mol. The molecule has 278 valence electrons. The molecule has 0 saturated carbocycles. The van der Waals surface area contributed by atoms with Crippen LogP contribution in [0.25, 0.3) is 0 Å². The molecule has 0 unspecified atom stereocenters. The van der Waals surface area contributed by atoms with Crippen molar-refractivity contribution in [3.8, 4) is 0 Å². The maximum Gasteiger partial charge on any atom is 0.169 e. The highest BCUT2D eigenvalue weighted by Gasteiger charge is 2.56. The van der Waals surface area contributed by atoms with E-state index in [1.54, 1.807) is 0 Å². The van der Waals surface area contributed by atoms with Crippen molar-refractivity contribution in [3.05, 3.63) is 48.6 Å². The van der Waals surface area contributed by atoms with Gasteiger partial charge in [-0.05, 0) is 89.9 Å². The predicted molar refractivity (Wildman–Crippen MR) is 210 cm³/mol. The van der Waals surface area contributed by atoms with Crippen molar-refractivity contribution >= 4 is 0 Å². The SMILES string of the molecule is CCCCC/C=C\C/C=C\CCCCCCCCC1(CCCCCCCC/C=C\C/C=C\CCCCC)O[C@H]2[C@H](O1)[C@@H](CC)O[C@H]2CC. The van der Waals surface area contributed by atoms with E-state index in [1.807, 2.05) is 0 Å². The van der Waals surface area contributed by atoms with Crippen molar-refractivity contribution < 1.29 is 14.2 Å². The molecule has 2 aliphatic heterocycles. The maximum absolute atomic E-state index is 6.89. The Balaban J connectivity index is 1.60. The largest absolute Gasteiger partial charge is 0.369 e. The second kappa shape index (κ2) is 29.6. The van der Waals surface area contributed by atoms with Crippen LogP contribution in [-0.2, 0) is 14.2 Å². The summed E-state index contributed by atoms with van der Waals surface area (Å²) in [7, 11) is 0. The molecule has 0 aliphatic carbocycles. The Morgan fingerprint density at radius 2 is 0.729 bits per heavy atom. The quantitative estimate of drug-likeness (QED) is 0.0527. The standard InChI is InChI=1S/C45H80O3/c1-5-9-11-13-15-17-19-21-23-25-27-29-31-33-35-37-39-45(47-43-41(7-3)46-42(8-4)44(43)48-45)40-38-36-34-32-30-28-26-24-22-20-18-16-14-12-10-6-2/h15-18,21-24,41-44H,5-14,19-20,25-40H2,1-4H3/b17-15-,18-16-,23-21-,24-22-/t41-,42+,43-,44-/m1/s1. The van der Waals surface area contributed by atoms with Crippen LogP contribution >= 0.6 is 0 Å². The Morgan fingerprint density at radius 3 is 1.08 bits per heavy atom. The minimum absolute atomic E-state index is 0.120. The zero-order chi connectivity index (χ0) is 34.4. The summed E-state index contributed by atoms with van der Waals surface area (Å²) in [4.78, 5) is 0. The van der Waals surface area contributed by atoms with Gasteiger partial charge in [-0.3, -0.25) is 0 Å². The lowest BCUT2D eigenvalue weighted by Gasteiger charge is -2.31. The first kappa shape index (κ1) is 43.0. The van der Waals surface area contributed by atoms with Crippen LogP contribution in [0, 0.1) is 0 Å². The lowest BCUT2D eigenvalue weighted by molar-refractivity contribution is -0.218. The van der Waals surface area contributed by atoms with Crippen LogP contribution in [-0.4, -0.2) is 30.2 Å². The summed E-state index contributed by atoms with van der Waals surface area (Å²) in [6.45, 7) is 9.00. The van der Waals surface area contributed by atoms with E-state index in [2.05, 4.69) is 76.3 Å². The average Bonchev–Trinajstić information content (AvgIpc) is 3.63. The third-order valence-corrected chi connectivity index (χ3v) is 10.4. The second-order valence-electron chi connectivity index (χ2n) is 14.8. The zero-order valence-corrected chi connectivity index (χ0v) is 32.5. The van der Waals surface area contributed by atoms with Gasteiger partial charge in [0, 0.05) is 12.8 Å². The summed E-state index contributed by atoms with van der Waals surface area (Å²) >= 11 is 0. The molecule has 2 fully saturated rings. The molecule has 0 radical (unpaired) electrons. The monoisotopic (exact) mass is 669 g/mol. The van der Waals surface area contributed by atoms with E-state index in [1.165, 1.54) is 141 Å². The van der Waals surface area contributed by atoms with E-state index in [-0.39, 0.29) is 30.2 Å². The Hall–Kier alpha value is -1.16. The molecule has 0 bridgehead atoms. The van der Waals surface area contributed by atoms with Crippen molar-refractivity contribution in [2.24, 2.45) is 0 Å². The van der Waals surface area contributed by atoms with Gasteiger partial charge in [-0.25, -0.2) is 0 Å². The predicted octanol–water partition coefficient (Wildman–Crippen LogP) is 14.5. The highest BCUT2D eigenvalue weighted by atomic mass is 16.8. The minimum Gasteiger partial charge on any atom is -0.369 e. The van der Waals surface area contributed by atoms with Crippen LogP contribution in [0.2, 0.25) is 0 Å². The van der Waals surface area contributed by atoms with E-state index >= 15 is 0 Å². The molecule has 0 N–H and O–H groups in total. The average molecular weight is 669 g/mol. The lowest BCUT2D eigenvalue weighted by atomic mass is 9.98. The van der Waals surface area contributed by atoms with Crippen molar-refractivity contribution in [2.75, 3.05) is 0 Å². The molecule has 2 heterocycles.